The van der Waals surface area contributed by atoms with Crippen LogP contribution in [0.4, 0.5) is 4.39 Å². The third-order valence-electron chi connectivity index (χ3n) is 4.23. The lowest BCUT2D eigenvalue weighted by molar-refractivity contribution is 0.633. The van der Waals surface area contributed by atoms with Crippen LogP contribution in [0.2, 0.25) is 0 Å². The Bertz CT molecular complexity index is 1010. The maximum absolute atomic E-state index is 14.3. The summed E-state index contributed by atoms with van der Waals surface area (Å²) in [7, 11) is 0. The Labute approximate surface area is 109 Å². The zero-order valence-electron chi connectivity index (χ0n) is 10.1. The Morgan fingerprint density at radius 1 is 0.579 bits per heavy atom. The Morgan fingerprint density at radius 2 is 1.21 bits per heavy atom. The summed E-state index contributed by atoms with van der Waals surface area (Å²) < 4.78 is 14.3. The predicted octanol–water partition coefficient (Wildman–Crippen LogP) is 5.27. The molecule has 0 fully saturated rings. The van der Waals surface area contributed by atoms with Crippen molar-refractivity contribution in [2.45, 2.75) is 0 Å². The highest BCUT2D eigenvalue weighted by Crippen LogP contribution is 2.48. The second kappa shape index (κ2) is 2.94. The van der Waals surface area contributed by atoms with Crippen molar-refractivity contribution >= 4 is 32.3 Å². The number of benzene rings is 4. The van der Waals surface area contributed by atoms with Crippen LogP contribution in [0, 0.1) is 5.82 Å². The Morgan fingerprint density at radius 3 is 2.00 bits per heavy atom. The van der Waals surface area contributed by atoms with Crippen molar-refractivity contribution in [1.82, 2.24) is 0 Å². The summed E-state index contributed by atoms with van der Waals surface area (Å²) in [4.78, 5) is 0. The van der Waals surface area contributed by atoms with E-state index in [1.807, 2.05) is 18.2 Å². The summed E-state index contributed by atoms with van der Waals surface area (Å²) in [5, 5.41) is 6.98. The fourth-order valence-electron chi connectivity index (χ4n) is 3.46. The molecule has 19 heavy (non-hydrogen) atoms. The molecule has 0 aliphatic heterocycles. The highest BCUT2D eigenvalue weighted by molar-refractivity contribution is 6.32. The largest absolute Gasteiger partial charge is 0.206 e. The molecule has 0 spiro atoms. The number of halogens is 1. The Balaban J connectivity index is 2.29. The normalized spacial score (nSPS) is 12.5. The van der Waals surface area contributed by atoms with Gasteiger partial charge in [-0.2, -0.15) is 0 Å². The molecule has 0 nitrogen and oxygen atoms in total. The molecule has 0 unspecified atom stereocenters. The number of hydrogen-bond donors (Lipinski definition) is 0. The van der Waals surface area contributed by atoms with Gasteiger partial charge >= 0.3 is 0 Å². The monoisotopic (exact) mass is 244 g/mol. The van der Waals surface area contributed by atoms with Crippen molar-refractivity contribution < 1.29 is 4.39 Å². The Kier molecular flexibility index (Phi) is 1.47. The molecule has 1 aliphatic rings. The standard InChI is InChI=1S/C18H9F/c19-14-9-8-12-7-6-11-5-4-10-2-1-3-13-15(10)16(11)17(12)18(13)14/h1-9H. The first-order chi connectivity index (χ1) is 9.34. The van der Waals surface area contributed by atoms with Crippen LogP contribution in [0.1, 0.15) is 0 Å². The van der Waals surface area contributed by atoms with Crippen molar-refractivity contribution in [3.8, 4) is 11.1 Å². The highest BCUT2D eigenvalue weighted by atomic mass is 19.1. The zero-order chi connectivity index (χ0) is 12.6. The van der Waals surface area contributed by atoms with Gasteiger partial charge in [-0.15, -0.1) is 0 Å². The van der Waals surface area contributed by atoms with E-state index in [2.05, 4.69) is 30.3 Å². The van der Waals surface area contributed by atoms with E-state index in [4.69, 9.17) is 0 Å². The first kappa shape index (κ1) is 9.51. The Hall–Kier alpha value is -2.41. The molecule has 0 N–H and O–H groups in total. The van der Waals surface area contributed by atoms with Crippen LogP contribution < -0.4 is 0 Å². The van der Waals surface area contributed by atoms with Crippen molar-refractivity contribution in [1.29, 1.82) is 0 Å². The molecular formula is C18H9F. The maximum atomic E-state index is 14.3. The van der Waals surface area contributed by atoms with E-state index in [0.29, 0.717) is 0 Å². The van der Waals surface area contributed by atoms with Gasteiger partial charge in [0.2, 0.25) is 0 Å². The van der Waals surface area contributed by atoms with Gasteiger partial charge in [-0.1, -0.05) is 48.5 Å². The minimum Gasteiger partial charge on any atom is -0.206 e. The van der Waals surface area contributed by atoms with Crippen LogP contribution in [-0.4, -0.2) is 0 Å². The summed E-state index contributed by atoms with van der Waals surface area (Å²) in [6.45, 7) is 0. The second-order valence-electron chi connectivity index (χ2n) is 5.15. The van der Waals surface area contributed by atoms with Crippen molar-refractivity contribution in [3.63, 3.8) is 0 Å². The molecular weight excluding hydrogens is 235 g/mol. The van der Waals surface area contributed by atoms with Gasteiger partial charge in [0.05, 0.1) is 0 Å². The number of rotatable bonds is 0. The first-order valence-corrected chi connectivity index (χ1v) is 6.42. The third kappa shape index (κ3) is 0.966. The SMILES string of the molecule is Fc1ccc2ccc3ccc4cccc5c4c3c2c1-5. The van der Waals surface area contributed by atoms with Gasteiger partial charge in [0, 0.05) is 10.9 Å². The highest BCUT2D eigenvalue weighted by Gasteiger charge is 2.22. The van der Waals surface area contributed by atoms with Crippen LogP contribution in [-0.2, 0) is 0 Å². The van der Waals surface area contributed by atoms with E-state index in [1.54, 1.807) is 6.07 Å². The van der Waals surface area contributed by atoms with Gasteiger partial charge in [0.15, 0.2) is 0 Å². The van der Waals surface area contributed by atoms with Gasteiger partial charge in [0.25, 0.3) is 0 Å². The third-order valence-corrected chi connectivity index (χ3v) is 4.23. The van der Waals surface area contributed by atoms with Crippen LogP contribution in [0.15, 0.2) is 54.6 Å². The molecule has 0 bridgehead atoms. The van der Waals surface area contributed by atoms with Crippen molar-refractivity contribution in [3.05, 3.63) is 60.4 Å². The fraction of sp³-hybridized carbons (Fsp3) is 0. The molecule has 0 aromatic heterocycles. The first-order valence-electron chi connectivity index (χ1n) is 6.42. The van der Waals surface area contributed by atoms with E-state index in [-0.39, 0.29) is 5.82 Å². The van der Waals surface area contributed by atoms with Crippen molar-refractivity contribution in [2.75, 3.05) is 0 Å². The molecule has 0 saturated heterocycles. The second-order valence-corrected chi connectivity index (χ2v) is 5.15. The predicted molar refractivity (Wildman–Crippen MR) is 77.9 cm³/mol. The summed E-state index contributed by atoms with van der Waals surface area (Å²) >= 11 is 0. The molecule has 0 heterocycles. The van der Waals surface area contributed by atoms with Crippen LogP contribution in [0.3, 0.4) is 0 Å². The van der Waals surface area contributed by atoms with Gasteiger partial charge in [-0.25, -0.2) is 4.39 Å². The lowest BCUT2D eigenvalue weighted by Gasteiger charge is -2.03. The molecule has 4 aromatic rings. The quantitative estimate of drug-likeness (QED) is 0.326. The average molecular weight is 244 g/mol. The molecule has 4 aromatic carbocycles. The summed E-state index contributed by atoms with van der Waals surface area (Å²) in [5.74, 6) is -0.122. The van der Waals surface area contributed by atoms with Gasteiger partial charge in [-0.3, -0.25) is 0 Å². The molecule has 0 atom stereocenters. The fourth-order valence-corrected chi connectivity index (χ4v) is 3.46. The molecule has 0 amide bonds. The van der Waals surface area contributed by atoms with E-state index in [1.165, 1.54) is 21.5 Å². The topological polar surface area (TPSA) is 0 Å². The molecule has 0 saturated carbocycles. The number of hydrogen-bond acceptors (Lipinski definition) is 0. The molecule has 88 valence electrons. The zero-order valence-corrected chi connectivity index (χ0v) is 10.1. The van der Waals surface area contributed by atoms with Gasteiger partial charge in [0.1, 0.15) is 5.82 Å². The molecule has 1 heteroatoms. The van der Waals surface area contributed by atoms with Crippen LogP contribution in [0.25, 0.3) is 43.4 Å². The minimum absolute atomic E-state index is 0.122. The molecule has 1 aliphatic carbocycles. The average Bonchev–Trinajstić information content (AvgIpc) is 2.81. The van der Waals surface area contributed by atoms with E-state index in [0.717, 1.165) is 21.9 Å². The van der Waals surface area contributed by atoms with E-state index < -0.39 is 0 Å². The maximum Gasteiger partial charge on any atom is 0.131 e. The van der Waals surface area contributed by atoms with E-state index in [9.17, 15) is 4.39 Å². The van der Waals surface area contributed by atoms with Crippen LogP contribution >= 0.6 is 0 Å². The van der Waals surface area contributed by atoms with Crippen molar-refractivity contribution in [2.24, 2.45) is 0 Å². The van der Waals surface area contributed by atoms with Gasteiger partial charge < -0.3 is 0 Å². The summed E-state index contributed by atoms with van der Waals surface area (Å²) in [6, 6.07) is 18.0. The summed E-state index contributed by atoms with van der Waals surface area (Å²) in [6.07, 6.45) is 0. The lowest BCUT2D eigenvalue weighted by atomic mass is 10.0. The molecule has 5 rings (SSSR count). The minimum atomic E-state index is -0.122. The molecule has 0 radical (unpaired) electrons. The summed E-state index contributed by atoms with van der Waals surface area (Å²) in [5.41, 5.74) is 1.81. The smallest absolute Gasteiger partial charge is 0.131 e. The lowest BCUT2D eigenvalue weighted by Crippen LogP contribution is -1.82. The number of fused-ring (bicyclic) bond motifs is 1. The van der Waals surface area contributed by atoms with Gasteiger partial charge in [-0.05, 0) is 38.6 Å². The van der Waals surface area contributed by atoms with Crippen LogP contribution in [0.5, 0.6) is 0 Å². The van der Waals surface area contributed by atoms with E-state index >= 15 is 0 Å².